The summed E-state index contributed by atoms with van der Waals surface area (Å²) in [6, 6.07) is 8.83. The van der Waals surface area contributed by atoms with Gasteiger partial charge in [-0.05, 0) is 36.5 Å². The zero-order valence-corrected chi connectivity index (χ0v) is 12.2. The molecular weight excluding hydrogens is 222 g/mol. The van der Waals surface area contributed by atoms with Gasteiger partial charge in [-0.1, -0.05) is 39.8 Å². The lowest BCUT2D eigenvalue weighted by Gasteiger charge is -2.31. The number of anilines is 1. The Kier molecular flexibility index (Phi) is 6.20. The third-order valence-corrected chi connectivity index (χ3v) is 3.39. The molecule has 102 valence electrons. The van der Waals surface area contributed by atoms with Crippen molar-refractivity contribution in [3.8, 4) is 0 Å². The molecule has 18 heavy (non-hydrogen) atoms. The second-order valence-corrected chi connectivity index (χ2v) is 4.96. The maximum Gasteiger partial charge on any atom is 0.0574 e. The summed E-state index contributed by atoms with van der Waals surface area (Å²) in [5.74, 6) is 0.595. The second kappa shape index (κ2) is 7.42. The lowest BCUT2D eigenvalue weighted by Crippen LogP contribution is -2.35. The molecule has 1 aliphatic heterocycles. The molecule has 1 aromatic rings. The summed E-state index contributed by atoms with van der Waals surface area (Å²) in [5.41, 5.74) is 2.68. The molecule has 2 rings (SSSR count). The van der Waals surface area contributed by atoms with E-state index in [0.717, 1.165) is 25.9 Å². The number of piperidine rings is 1. The number of hydrogen-bond acceptors (Lipinski definition) is 2. The lowest BCUT2D eigenvalue weighted by atomic mass is 10.0. The highest BCUT2D eigenvalue weighted by Crippen LogP contribution is 2.22. The lowest BCUT2D eigenvalue weighted by molar-refractivity contribution is 0.145. The minimum absolute atomic E-state index is 0.0915. The predicted octanol–water partition coefficient (Wildman–Crippen LogP) is 3.80. The van der Waals surface area contributed by atoms with Crippen molar-refractivity contribution in [2.75, 3.05) is 18.0 Å². The summed E-state index contributed by atoms with van der Waals surface area (Å²) in [4.78, 5) is 2.36. The Bertz CT molecular complexity index is 323. The van der Waals surface area contributed by atoms with Crippen LogP contribution in [0.15, 0.2) is 24.3 Å². The van der Waals surface area contributed by atoms with Gasteiger partial charge in [0.25, 0.3) is 0 Å². The molecule has 1 fully saturated rings. The molecule has 0 spiro atoms. The highest BCUT2D eigenvalue weighted by molar-refractivity contribution is 5.48. The number of hydrogen-bond donors (Lipinski definition) is 1. The van der Waals surface area contributed by atoms with Crippen LogP contribution in [0, 0.1) is 0 Å². The normalized spacial score (nSPS) is 16.4. The quantitative estimate of drug-likeness (QED) is 0.862. The van der Waals surface area contributed by atoms with Crippen molar-refractivity contribution in [3.63, 3.8) is 0 Å². The van der Waals surface area contributed by atoms with Gasteiger partial charge in [-0.15, -0.1) is 0 Å². The van der Waals surface area contributed by atoms with Crippen LogP contribution in [0.25, 0.3) is 0 Å². The summed E-state index contributed by atoms with van der Waals surface area (Å²) in [5, 5.41) is 9.46. The molecule has 1 heterocycles. The molecule has 0 aliphatic carbocycles. The van der Waals surface area contributed by atoms with Gasteiger partial charge in [-0.2, -0.15) is 0 Å². The largest absolute Gasteiger partial charge is 0.393 e. The molecule has 1 saturated heterocycles. The van der Waals surface area contributed by atoms with Crippen LogP contribution in [0.2, 0.25) is 0 Å². The van der Waals surface area contributed by atoms with Crippen LogP contribution in [0.1, 0.15) is 52.0 Å². The average Bonchev–Trinajstić information content (AvgIpc) is 2.42. The van der Waals surface area contributed by atoms with E-state index in [1.54, 1.807) is 0 Å². The first-order valence-corrected chi connectivity index (χ1v) is 7.20. The van der Waals surface area contributed by atoms with E-state index in [-0.39, 0.29) is 6.10 Å². The zero-order chi connectivity index (χ0) is 13.5. The van der Waals surface area contributed by atoms with Gasteiger partial charge in [0.2, 0.25) is 0 Å². The minimum atomic E-state index is -0.0915. The Hall–Kier alpha value is -1.02. The molecule has 2 heteroatoms. The summed E-state index contributed by atoms with van der Waals surface area (Å²) in [7, 11) is 0. The van der Waals surface area contributed by atoms with Crippen LogP contribution in [0.4, 0.5) is 5.69 Å². The number of nitrogens with zero attached hydrogens (tertiary/aromatic N) is 1. The Morgan fingerprint density at radius 2 is 1.56 bits per heavy atom. The van der Waals surface area contributed by atoms with Crippen molar-refractivity contribution in [1.82, 2.24) is 0 Å². The van der Waals surface area contributed by atoms with Crippen molar-refractivity contribution >= 4 is 5.69 Å². The van der Waals surface area contributed by atoms with Crippen LogP contribution >= 0.6 is 0 Å². The third kappa shape index (κ3) is 4.02. The first kappa shape index (κ1) is 15.0. The van der Waals surface area contributed by atoms with E-state index < -0.39 is 0 Å². The monoisotopic (exact) mass is 249 g/mol. The maximum absolute atomic E-state index is 9.46. The first-order valence-electron chi connectivity index (χ1n) is 7.20. The van der Waals surface area contributed by atoms with E-state index in [2.05, 4.69) is 43.0 Å². The molecule has 0 radical (unpaired) electrons. The van der Waals surface area contributed by atoms with Crippen LogP contribution < -0.4 is 4.90 Å². The Morgan fingerprint density at radius 1 is 1.06 bits per heavy atom. The van der Waals surface area contributed by atoms with E-state index in [1.165, 1.54) is 11.3 Å². The third-order valence-electron chi connectivity index (χ3n) is 3.39. The molecule has 1 N–H and O–H groups in total. The zero-order valence-electron chi connectivity index (χ0n) is 12.2. The average molecular weight is 249 g/mol. The minimum Gasteiger partial charge on any atom is -0.393 e. The topological polar surface area (TPSA) is 23.5 Å². The maximum atomic E-state index is 9.46. The molecule has 1 aromatic carbocycles. The number of aliphatic hydroxyl groups excluding tert-OH is 1. The molecular formula is C16H27NO. The molecule has 2 nitrogen and oxygen atoms in total. The second-order valence-electron chi connectivity index (χ2n) is 4.96. The predicted molar refractivity (Wildman–Crippen MR) is 79.3 cm³/mol. The van der Waals surface area contributed by atoms with E-state index in [1.807, 2.05) is 13.8 Å². The smallest absolute Gasteiger partial charge is 0.0574 e. The first-order chi connectivity index (χ1) is 8.66. The summed E-state index contributed by atoms with van der Waals surface area (Å²) in [6.45, 7) is 10.4. The fraction of sp³-hybridized carbons (Fsp3) is 0.625. The standard InChI is InChI=1S/C14H21NO.C2H6/c1-11(2)12-3-5-13(6-4-12)15-9-7-14(16)8-10-15;1-2/h3-6,11,14,16H,7-10H2,1-2H3;1-2H3. The van der Waals surface area contributed by atoms with Crippen molar-refractivity contribution in [2.24, 2.45) is 0 Å². The van der Waals surface area contributed by atoms with Gasteiger partial charge < -0.3 is 10.0 Å². The Labute approximate surface area is 112 Å². The number of benzene rings is 1. The van der Waals surface area contributed by atoms with Gasteiger partial charge in [-0.3, -0.25) is 0 Å². The number of aliphatic hydroxyl groups is 1. The molecule has 0 bridgehead atoms. The van der Waals surface area contributed by atoms with Crippen molar-refractivity contribution in [1.29, 1.82) is 0 Å². The molecule has 1 aliphatic rings. The molecule has 0 unspecified atom stereocenters. The summed E-state index contributed by atoms with van der Waals surface area (Å²) >= 11 is 0. The van der Waals surface area contributed by atoms with E-state index in [4.69, 9.17) is 0 Å². The Morgan fingerprint density at radius 3 is 2.00 bits per heavy atom. The van der Waals surface area contributed by atoms with Gasteiger partial charge in [0.05, 0.1) is 6.10 Å². The summed E-state index contributed by atoms with van der Waals surface area (Å²) < 4.78 is 0. The van der Waals surface area contributed by atoms with E-state index in [9.17, 15) is 5.11 Å². The highest BCUT2D eigenvalue weighted by atomic mass is 16.3. The van der Waals surface area contributed by atoms with E-state index >= 15 is 0 Å². The van der Waals surface area contributed by atoms with Crippen molar-refractivity contribution in [2.45, 2.75) is 52.6 Å². The van der Waals surface area contributed by atoms with Gasteiger partial charge in [-0.25, -0.2) is 0 Å². The van der Waals surface area contributed by atoms with Crippen molar-refractivity contribution < 1.29 is 5.11 Å². The van der Waals surface area contributed by atoms with Gasteiger partial charge >= 0.3 is 0 Å². The van der Waals surface area contributed by atoms with Gasteiger partial charge in [0.1, 0.15) is 0 Å². The van der Waals surface area contributed by atoms with Crippen molar-refractivity contribution in [3.05, 3.63) is 29.8 Å². The Balaban J connectivity index is 0.000000771. The van der Waals surface area contributed by atoms with Crippen LogP contribution in [0.3, 0.4) is 0 Å². The fourth-order valence-electron chi connectivity index (χ4n) is 2.19. The van der Waals surface area contributed by atoms with Gasteiger partial charge in [0.15, 0.2) is 0 Å². The van der Waals surface area contributed by atoms with Crippen LogP contribution in [-0.4, -0.2) is 24.3 Å². The molecule has 0 saturated carbocycles. The molecule has 0 atom stereocenters. The molecule has 0 amide bonds. The molecule has 0 aromatic heterocycles. The van der Waals surface area contributed by atoms with Crippen LogP contribution in [0.5, 0.6) is 0 Å². The summed E-state index contributed by atoms with van der Waals surface area (Å²) in [6.07, 6.45) is 1.70. The van der Waals surface area contributed by atoms with Crippen LogP contribution in [-0.2, 0) is 0 Å². The van der Waals surface area contributed by atoms with E-state index in [0.29, 0.717) is 5.92 Å². The number of rotatable bonds is 2. The van der Waals surface area contributed by atoms with Gasteiger partial charge in [0, 0.05) is 18.8 Å². The highest BCUT2D eigenvalue weighted by Gasteiger charge is 2.16. The SMILES string of the molecule is CC.CC(C)c1ccc(N2CCC(O)CC2)cc1. The fourth-order valence-corrected chi connectivity index (χ4v) is 2.19.